The zero-order chi connectivity index (χ0) is 13.9. The molecule has 0 aliphatic carbocycles. The Hall–Kier alpha value is -2.76. The van der Waals surface area contributed by atoms with Crippen LogP contribution < -0.4 is 0 Å². The van der Waals surface area contributed by atoms with E-state index in [4.69, 9.17) is 5.11 Å². The van der Waals surface area contributed by atoms with Gasteiger partial charge in [-0.15, -0.1) is 5.10 Å². The van der Waals surface area contributed by atoms with Crippen LogP contribution in [0.5, 0.6) is 0 Å². The summed E-state index contributed by atoms with van der Waals surface area (Å²) in [5, 5.41) is 22.3. The number of fused-ring (bicyclic) bond motifs is 1. The number of aromatic nitrogens is 4. The maximum absolute atomic E-state index is 10.8. The Balaban J connectivity index is 1.98. The first-order valence-corrected chi connectivity index (χ1v) is 6.17. The highest BCUT2D eigenvalue weighted by molar-refractivity contribution is 5.85. The minimum atomic E-state index is -0.945. The van der Waals surface area contributed by atoms with Crippen molar-refractivity contribution in [2.24, 2.45) is 0 Å². The van der Waals surface area contributed by atoms with Gasteiger partial charge in [-0.3, -0.25) is 4.79 Å². The van der Waals surface area contributed by atoms with E-state index in [1.54, 1.807) is 0 Å². The van der Waals surface area contributed by atoms with Crippen LogP contribution in [0.1, 0.15) is 11.4 Å². The highest BCUT2D eigenvalue weighted by Crippen LogP contribution is 2.19. The first-order valence-electron chi connectivity index (χ1n) is 6.17. The molecule has 3 rings (SSSR count). The summed E-state index contributed by atoms with van der Waals surface area (Å²) < 4.78 is 1.52. The van der Waals surface area contributed by atoms with Crippen molar-refractivity contribution in [3.05, 3.63) is 53.9 Å². The molecular weight excluding hydrogens is 256 g/mol. The molecule has 1 heterocycles. The second-order valence-corrected chi connectivity index (χ2v) is 4.46. The van der Waals surface area contributed by atoms with Crippen LogP contribution in [0.25, 0.3) is 10.8 Å². The maximum atomic E-state index is 10.8. The number of carboxylic acid groups (broad SMARTS) is 1. The van der Waals surface area contributed by atoms with E-state index in [0.717, 1.165) is 16.3 Å². The lowest BCUT2D eigenvalue weighted by atomic mass is 10.0. The standard InChI is InChI=1S/C14H12N4O2/c19-14(20)8-13-15-16-17-18(13)9-11-6-3-5-10-4-1-2-7-12(10)11/h1-7H,8-9H2,(H,19,20). The maximum Gasteiger partial charge on any atom is 0.311 e. The van der Waals surface area contributed by atoms with E-state index >= 15 is 0 Å². The fourth-order valence-corrected chi connectivity index (χ4v) is 2.20. The quantitative estimate of drug-likeness (QED) is 0.775. The summed E-state index contributed by atoms with van der Waals surface area (Å²) in [5.74, 6) is -0.593. The molecule has 0 saturated heterocycles. The topological polar surface area (TPSA) is 80.9 Å². The molecule has 0 spiro atoms. The third kappa shape index (κ3) is 2.35. The smallest absolute Gasteiger partial charge is 0.311 e. The summed E-state index contributed by atoms with van der Waals surface area (Å²) in [6, 6.07) is 14.0. The molecule has 0 unspecified atom stereocenters. The second-order valence-electron chi connectivity index (χ2n) is 4.46. The van der Waals surface area contributed by atoms with Crippen molar-refractivity contribution in [1.29, 1.82) is 0 Å². The lowest BCUT2D eigenvalue weighted by molar-refractivity contribution is -0.136. The fraction of sp³-hybridized carbons (Fsp3) is 0.143. The molecule has 6 nitrogen and oxygen atoms in total. The molecule has 0 amide bonds. The van der Waals surface area contributed by atoms with Gasteiger partial charge in [0.1, 0.15) is 6.42 Å². The summed E-state index contributed by atoms with van der Waals surface area (Å²) in [6.07, 6.45) is -0.183. The molecule has 2 aromatic carbocycles. The molecule has 1 aromatic heterocycles. The number of hydrogen-bond acceptors (Lipinski definition) is 4. The largest absolute Gasteiger partial charge is 0.481 e. The molecule has 0 aliphatic rings. The summed E-state index contributed by atoms with van der Waals surface area (Å²) >= 11 is 0. The molecule has 6 heteroatoms. The van der Waals surface area contributed by atoms with E-state index in [2.05, 4.69) is 15.5 Å². The Bertz CT molecular complexity index is 761. The van der Waals surface area contributed by atoms with Gasteiger partial charge in [-0.2, -0.15) is 0 Å². The minimum absolute atomic E-state index is 0.183. The third-order valence-electron chi connectivity index (χ3n) is 3.12. The Morgan fingerprint density at radius 2 is 1.95 bits per heavy atom. The van der Waals surface area contributed by atoms with Crippen LogP contribution >= 0.6 is 0 Å². The number of aliphatic carboxylic acids is 1. The normalized spacial score (nSPS) is 10.8. The average Bonchev–Trinajstić information content (AvgIpc) is 2.86. The third-order valence-corrected chi connectivity index (χ3v) is 3.12. The molecule has 0 atom stereocenters. The predicted molar refractivity (Wildman–Crippen MR) is 72.2 cm³/mol. The van der Waals surface area contributed by atoms with Crippen LogP contribution in [0.15, 0.2) is 42.5 Å². The van der Waals surface area contributed by atoms with Crippen molar-refractivity contribution >= 4 is 16.7 Å². The van der Waals surface area contributed by atoms with Gasteiger partial charge in [0.2, 0.25) is 0 Å². The van der Waals surface area contributed by atoms with Gasteiger partial charge >= 0.3 is 5.97 Å². The molecule has 3 aromatic rings. The van der Waals surface area contributed by atoms with Crippen molar-refractivity contribution in [2.45, 2.75) is 13.0 Å². The Kier molecular flexibility index (Phi) is 3.12. The number of nitrogens with zero attached hydrogens (tertiary/aromatic N) is 4. The second kappa shape index (κ2) is 5.08. The number of benzene rings is 2. The van der Waals surface area contributed by atoms with Crippen molar-refractivity contribution < 1.29 is 9.90 Å². The number of hydrogen-bond donors (Lipinski definition) is 1. The van der Waals surface area contributed by atoms with Gasteiger partial charge in [0.05, 0.1) is 6.54 Å². The summed E-state index contributed by atoms with van der Waals surface area (Å²) in [7, 11) is 0. The molecule has 0 bridgehead atoms. The molecule has 1 N–H and O–H groups in total. The summed E-state index contributed by atoms with van der Waals surface area (Å²) in [6.45, 7) is 0.455. The molecule has 100 valence electrons. The van der Waals surface area contributed by atoms with Crippen LogP contribution in [-0.4, -0.2) is 31.3 Å². The lowest BCUT2D eigenvalue weighted by Gasteiger charge is -2.07. The highest BCUT2D eigenvalue weighted by Gasteiger charge is 2.11. The molecule has 0 fully saturated rings. The number of tetrazole rings is 1. The minimum Gasteiger partial charge on any atom is -0.481 e. The van der Waals surface area contributed by atoms with Gasteiger partial charge in [0.15, 0.2) is 5.82 Å². The zero-order valence-electron chi connectivity index (χ0n) is 10.6. The van der Waals surface area contributed by atoms with Crippen LogP contribution in [0.4, 0.5) is 0 Å². The average molecular weight is 268 g/mol. The Morgan fingerprint density at radius 1 is 1.15 bits per heavy atom. The molecule has 20 heavy (non-hydrogen) atoms. The van der Waals surface area contributed by atoms with Crippen LogP contribution in [-0.2, 0) is 17.8 Å². The van der Waals surface area contributed by atoms with E-state index in [-0.39, 0.29) is 6.42 Å². The summed E-state index contributed by atoms with van der Waals surface area (Å²) in [5.41, 5.74) is 1.06. The molecule has 0 radical (unpaired) electrons. The van der Waals surface area contributed by atoms with E-state index in [1.807, 2.05) is 42.5 Å². The molecule has 0 aliphatic heterocycles. The monoisotopic (exact) mass is 268 g/mol. The van der Waals surface area contributed by atoms with E-state index in [0.29, 0.717) is 12.4 Å². The van der Waals surface area contributed by atoms with E-state index < -0.39 is 5.97 Å². The van der Waals surface area contributed by atoms with Gasteiger partial charge in [-0.05, 0) is 26.8 Å². The van der Waals surface area contributed by atoms with Crippen molar-refractivity contribution in [1.82, 2.24) is 20.2 Å². The van der Waals surface area contributed by atoms with Gasteiger partial charge < -0.3 is 5.11 Å². The first kappa shape index (κ1) is 12.3. The SMILES string of the molecule is O=C(O)Cc1nnnn1Cc1cccc2ccccc12. The summed E-state index contributed by atoms with van der Waals surface area (Å²) in [4.78, 5) is 10.8. The zero-order valence-corrected chi connectivity index (χ0v) is 10.6. The van der Waals surface area contributed by atoms with Gasteiger partial charge in [0, 0.05) is 0 Å². The van der Waals surface area contributed by atoms with Crippen LogP contribution in [0.2, 0.25) is 0 Å². The van der Waals surface area contributed by atoms with Crippen molar-refractivity contribution in [3.8, 4) is 0 Å². The van der Waals surface area contributed by atoms with E-state index in [1.165, 1.54) is 4.68 Å². The van der Waals surface area contributed by atoms with Crippen LogP contribution in [0, 0.1) is 0 Å². The number of carboxylic acids is 1. The van der Waals surface area contributed by atoms with Crippen molar-refractivity contribution in [2.75, 3.05) is 0 Å². The molecule has 0 saturated carbocycles. The number of carbonyl (C=O) groups is 1. The van der Waals surface area contributed by atoms with Crippen LogP contribution in [0.3, 0.4) is 0 Å². The fourth-order valence-electron chi connectivity index (χ4n) is 2.20. The first-order chi connectivity index (χ1) is 9.74. The Labute approximate surface area is 114 Å². The molecular formula is C14H12N4O2. The van der Waals surface area contributed by atoms with Gasteiger partial charge in [-0.1, -0.05) is 42.5 Å². The van der Waals surface area contributed by atoms with Gasteiger partial charge in [-0.25, -0.2) is 4.68 Å². The lowest BCUT2D eigenvalue weighted by Crippen LogP contribution is -2.11. The predicted octanol–water partition coefficient (Wildman–Crippen LogP) is 1.50. The Morgan fingerprint density at radius 3 is 2.80 bits per heavy atom. The van der Waals surface area contributed by atoms with Gasteiger partial charge in [0.25, 0.3) is 0 Å². The highest BCUT2D eigenvalue weighted by atomic mass is 16.4. The van der Waals surface area contributed by atoms with Crippen molar-refractivity contribution in [3.63, 3.8) is 0 Å². The number of rotatable bonds is 4. The van der Waals surface area contributed by atoms with E-state index in [9.17, 15) is 4.79 Å².